The highest BCUT2D eigenvalue weighted by Crippen LogP contribution is 2.33. The minimum Gasteiger partial charge on any atom is -0.508 e. The Hall–Kier alpha value is -1.02. The minimum absolute atomic E-state index is 0.355. The van der Waals surface area contributed by atoms with Gasteiger partial charge in [0.05, 0.1) is 0 Å². The van der Waals surface area contributed by atoms with E-state index in [0.29, 0.717) is 11.8 Å². The molecule has 106 valence electrons. The molecule has 1 fully saturated rings. The lowest BCUT2D eigenvalue weighted by Gasteiger charge is -2.34. The molecule has 0 aliphatic heterocycles. The van der Waals surface area contributed by atoms with Crippen LogP contribution in [-0.4, -0.2) is 18.2 Å². The van der Waals surface area contributed by atoms with Gasteiger partial charge in [-0.2, -0.15) is 0 Å². The molecule has 1 saturated carbocycles. The van der Waals surface area contributed by atoms with E-state index in [1.54, 1.807) is 12.1 Å². The summed E-state index contributed by atoms with van der Waals surface area (Å²) in [4.78, 5) is 0. The summed E-state index contributed by atoms with van der Waals surface area (Å²) in [6.45, 7) is 2.32. The van der Waals surface area contributed by atoms with Gasteiger partial charge in [0.2, 0.25) is 0 Å². The van der Waals surface area contributed by atoms with E-state index < -0.39 is 0 Å². The van der Waals surface area contributed by atoms with E-state index >= 15 is 0 Å². The molecule has 1 aliphatic carbocycles. The zero-order chi connectivity index (χ0) is 13.7. The summed E-state index contributed by atoms with van der Waals surface area (Å²) >= 11 is 0. The number of hydrogen-bond donors (Lipinski definition) is 2. The minimum atomic E-state index is 0.355. The van der Waals surface area contributed by atoms with Gasteiger partial charge in [0.15, 0.2) is 0 Å². The molecule has 1 aromatic carbocycles. The van der Waals surface area contributed by atoms with E-state index in [4.69, 9.17) is 0 Å². The fourth-order valence-corrected chi connectivity index (χ4v) is 3.46. The largest absolute Gasteiger partial charge is 0.508 e. The maximum absolute atomic E-state index is 9.35. The molecule has 0 aromatic heterocycles. The summed E-state index contributed by atoms with van der Waals surface area (Å²) in [6, 6.07) is 8.23. The Morgan fingerprint density at radius 3 is 2.63 bits per heavy atom. The number of hydrogen-bond acceptors (Lipinski definition) is 2. The van der Waals surface area contributed by atoms with Crippen LogP contribution in [0.5, 0.6) is 5.75 Å². The van der Waals surface area contributed by atoms with Crippen LogP contribution in [0.3, 0.4) is 0 Å². The maximum Gasteiger partial charge on any atom is 0.115 e. The smallest absolute Gasteiger partial charge is 0.115 e. The van der Waals surface area contributed by atoms with Gasteiger partial charge >= 0.3 is 0 Å². The van der Waals surface area contributed by atoms with Crippen molar-refractivity contribution in [1.82, 2.24) is 5.32 Å². The van der Waals surface area contributed by atoms with E-state index in [0.717, 1.165) is 18.3 Å². The number of phenolic OH excluding ortho intramolecular Hbond substituents is 1. The van der Waals surface area contributed by atoms with Crippen molar-refractivity contribution in [2.75, 3.05) is 7.05 Å². The molecule has 19 heavy (non-hydrogen) atoms. The van der Waals surface area contributed by atoms with Gasteiger partial charge in [-0.3, -0.25) is 0 Å². The fraction of sp³-hybridized carbons (Fsp3) is 0.647. The SMILES string of the molecule is CCC1CCCC(C(Cc2ccc(O)cc2)NC)C1. The summed E-state index contributed by atoms with van der Waals surface area (Å²) in [5, 5.41) is 12.9. The molecule has 1 aliphatic rings. The summed E-state index contributed by atoms with van der Waals surface area (Å²) in [5.41, 5.74) is 1.32. The van der Waals surface area contributed by atoms with Crippen LogP contribution in [0, 0.1) is 11.8 Å². The quantitative estimate of drug-likeness (QED) is 0.846. The lowest BCUT2D eigenvalue weighted by Crippen LogP contribution is -2.38. The normalized spacial score (nSPS) is 25.2. The van der Waals surface area contributed by atoms with Crippen molar-refractivity contribution in [3.63, 3.8) is 0 Å². The van der Waals surface area contributed by atoms with Crippen molar-refractivity contribution in [1.29, 1.82) is 0 Å². The predicted octanol–water partition coefficient (Wildman–Crippen LogP) is 3.74. The molecule has 2 heteroatoms. The Morgan fingerprint density at radius 1 is 1.26 bits per heavy atom. The van der Waals surface area contributed by atoms with Crippen molar-refractivity contribution in [2.45, 2.75) is 51.5 Å². The molecule has 1 aromatic rings. The van der Waals surface area contributed by atoms with Gasteiger partial charge in [-0.25, -0.2) is 0 Å². The van der Waals surface area contributed by atoms with Gasteiger partial charge in [-0.15, -0.1) is 0 Å². The van der Waals surface area contributed by atoms with Crippen molar-refractivity contribution in [2.24, 2.45) is 11.8 Å². The third kappa shape index (κ3) is 3.97. The number of nitrogens with one attached hydrogen (secondary N) is 1. The first-order chi connectivity index (χ1) is 9.22. The molecule has 0 spiro atoms. The summed E-state index contributed by atoms with van der Waals surface area (Å²) in [6.07, 6.45) is 7.93. The summed E-state index contributed by atoms with van der Waals surface area (Å²) in [7, 11) is 2.08. The van der Waals surface area contributed by atoms with Crippen LogP contribution in [-0.2, 0) is 6.42 Å². The number of rotatable bonds is 5. The molecule has 2 nitrogen and oxygen atoms in total. The zero-order valence-corrected chi connectivity index (χ0v) is 12.2. The molecule has 3 atom stereocenters. The molecule has 0 radical (unpaired) electrons. The van der Waals surface area contributed by atoms with Crippen LogP contribution in [0.2, 0.25) is 0 Å². The van der Waals surface area contributed by atoms with Crippen LogP contribution in [0.1, 0.15) is 44.6 Å². The standard InChI is InChI=1S/C17H27NO/c1-3-13-5-4-6-15(11-13)17(18-2)12-14-7-9-16(19)10-8-14/h7-10,13,15,17-19H,3-6,11-12H2,1-2H3. The van der Waals surface area contributed by atoms with Gasteiger partial charge in [0.1, 0.15) is 5.75 Å². The van der Waals surface area contributed by atoms with E-state index in [2.05, 4.69) is 19.3 Å². The third-order valence-electron chi connectivity index (χ3n) is 4.73. The zero-order valence-electron chi connectivity index (χ0n) is 12.2. The van der Waals surface area contributed by atoms with Crippen LogP contribution in [0.4, 0.5) is 0 Å². The average molecular weight is 261 g/mol. The van der Waals surface area contributed by atoms with Crippen LogP contribution in [0.15, 0.2) is 24.3 Å². The Labute approximate surface area is 117 Å². The molecule has 0 saturated heterocycles. The van der Waals surface area contributed by atoms with Gasteiger partial charge in [0.25, 0.3) is 0 Å². The molecule has 0 bridgehead atoms. The van der Waals surface area contributed by atoms with Gasteiger partial charge in [0, 0.05) is 6.04 Å². The highest BCUT2D eigenvalue weighted by Gasteiger charge is 2.26. The molecule has 0 heterocycles. The molecule has 3 unspecified atom stereocenters. The Bertz CT molecular complexity index is 373. The fourth-order valence-electron chi connectivity index (χ4n) is 3.46. The first-order valence-corrected chi connectivity index (χ1v) is 7.68. The van der Waals surface area contributed by atoms with E-state index in [9.17, 15) is 5.11 Å². The highest BCUT2D eigenvalue weighted by molar-refractivity contribution is 5.26. The Kier molecular flexibility index (Phi) is 5.26. The van der Waals surface area contributed by atoms with E-state index in [1.807, 2.05) is 12.1 Å². The van der Waals surface area contributed by atoms with Crippen molar-refractivity contribution in [3.05, 3.63) is 29.8 Å². The summed E-state index contributed by atoms with van der Waals surface area (Å²) < 4.78 is 0. The molecule has 2 N–H and O–H groups in total. The maximum atomic E-state index is 9.35. The Balaban J connectivity index is 1.97. The molecule has 2 rings (SSSR count). The third-order valence-corrected chi connectivity index (χ3v) is 4.73. The van der Waals surface area contributed by atoms with Crippen molar-refractivity contribution >= 4 is 0 Å². The topological polar surface area (TPSA) is 32.3 Å². The highest BCUT2D eigenvalue weighted by atomic mass is 16.3. The van der Waals surface area contributed by atoms with E-state index in [-0.39, 0.29) is 0 Å². The van der Waals surface area contributed by atoms with Crippen molar-refractivity contribution < 1.29 is 5.11 Å². The monoisotopic (exact) mass is 261 g/mol. The van der Waals surface area contributed by atoms with Gasteiger partial charge < -0.3 is 10.4 Å². The lowest BCUT2D eigenvalue weighted by atomic mass is 9.75. The second-order valence-corrected chi connectivity index (χ2v) is 5.97. The van der Waals surface area contributed by atoms with Crippen LogP contribution >= 0.6 is 0 Å². The number of likely N-dealkylation sites (N-methyl/N-ethyl adjacent to an activating group) is 1. The molecular weight excluding hydrogens is 234 g/mol. The Morgan fingerprint density at radius 2 is 2.00 bits per heavy atom. The van der Waals surface area contributed by atoms with Gasteiger partial charge in [-0.1, -0.05) is 38.3 Å². The summed E-state index contributed by atoms with van der Waals surface area (Å²) in [5.74, 6) is 2.08. The first kappa shape index (κ1) is 14.4. The lowest BCUT2D eigenvalue weighted by molar-refractivity contribution is 0.212. The second kappa shape index (κ2) is 6.95. The average Bonchev–Trinajstić information content (AvgIpc) is 2.46. The first-order valence-electron chi connectivity index (χ1n) is 7.68. The van der Waals surface area contributed by atoms with E-state index in [1.165, 1.54) is 37.7 Å². The number of benzene rings is 1. The number of phenols is 1. The second-order valence-electron chi connectivity index (χ2n) is 5.97. The van der Waals surface area contributed by atoms with Crippen LogP contribution in [0.25, 0.3) is 0 Å². The molecule has 0 amide bonds. The number of aromatic hydroxyl groups is 1. The van der Waals surface area contributed by atoms with Crippen LogP contribution < -0.4 is 5.32 Å². The molecular formula is C17H27NO. The van der Waals surface area contributed by atoms with Gasteiger partial charge in [-0.05, 0) is 55.8 Å². The predicted molar refractivity (Wildman–Crippen MR) is 80.4 cm³/mol. The van der Waals surface area contributed by atoms with Crippen molar-refractivity contribution in [3.8, 4) is 5.75 Å².